The van der Waals surface area contributed by atoms with Crippen LogP contribution >= 0.6 is 0 Å². The standard InChI is InChI=1S/C13H18O3/c1-9(14)12-6-5-11(15-2)7-13(12)16-8-10-3-4-10/h5-7,9-10,14H,3-4,8H2,1-2H3/t9-/m1/s1. The Morgan fingerprint density at radius 2 is 2.19 bits per heavy atom. The van der Waals surface area contributed by atoms with Crippen LogP contribution in [-0.2, 0) is 0 Å². The monoisotopic (exact) mass is 222 g/mol. The molecule has 0 unspecified atom stereocenters. The molecule has 1 fully saturated rings. The van der Waals surface area contributed by atoms with Gasteiger partial charge in [0.25, 0.3) is 0 Å². The second-order valence-corrected chi connectivity index (χ2v) is 4.33. The van der Waals surface area contributed by atoms with Crippen LogP contribution in [0.4, 0.5) is 0 Å². The third kappa shape index (κ3) is 2.67. The second kappa shape index (κ2) is 4.74. The van der Waals surface area contributed by atoms with Crippen LogP contribution in [0.1, 0.15) is 31.4 Å². The average Bonchev–Trinajstić information content (AvgIpc) is 3.09. The number of ether oxygens (including phenoxy) is 2. The van der Waals surface area contributed by atoms with E-state index in [9.17, 15) is 5.11 Å². The normalized spacial score (nSPS) is 16.9. The van der Waals surface area contributed by atoms with E-state index in [0.717, 1.165) is 23.7 Å². The highest BCUT2D eigenvalue weighted by atomic mass is 16.5. The minimum Gasteiger partial charge on any atom is -0.497 e. The minimum atomic E-state index is -0.514. The maximum Gasteiger partial charge on any atom is 0.128 e. The molecule has 0 aromatic heterocycles. The first-order valence-electron chi connectivity index (χ1n) is 5.69. The zero-order valence-electron chi connectivity index (χ0n) is 9.77. The van der Waals surface area contributed by atoms with E-state index in [1.807, 2.05) is 18.2 Å². The lowest BCUT2D eigenvalue weighted by Gasteiger charge is -2.14. The van der Waals surface area contributed by atoms with Crippen molar-refractivity contribution in [3.63, 3.8) is 0 Å². The zero-order chi connectivity index (χ0) is 11.5. The Morgan fingerprint density at radius 3 is 2.75 bits per heavy atom. The van der Waals surface area contributed by atoms with Crippen LogP contribution in [0.2, 0.25) is 0 Å². The number of hydrogen-bond donors (Lipinski definition) is 1. The molecule has 0 bridgehead atoms. The summed E-state index contributed by atoms with van der Waals surface area (Å²) in [5, 5.41) is 9.63. The minimum absolute atomic E-state index is 0.514. The van der Waals surface area contributed by atoms with Crippen molar-refractivity contribution in [2.45, 2.75) is 25.9 Å². The van der Waals surface area contributed by atoms with Gasteiger partial charge in [-0.1, -0.05) is 0 Å². The van der Waals surface area contributed by atoms with Crippen LogP contribution in [0.5, 0.6) is 11.5 Å². The summed E-state index contributed by atoms with van der Waals surface area (Å²) < 4.78 is 10.9. The molecule has 0 radical (unpaired) electrons. The van der Waals surface area contributed by atoms with Gasteiger partial charge in [0.2, 0.25) is 0 Å². The molecule has 1 aliphatic carbocycles. The Labute approximate surface area is 96.0 Å². The van der Waals surface area contributed by atoms with Crippen molar-refractivity contribution in [3.8, 4) is 11.5 Å². The van der Waals surface area contributed by atoms with E-state index in [2.05, 4.69) is 0 Å². The molecule has 0 heterocycles. The molecule has 1 aliphatic rings. The highest BCUT2D eigenvalue weighted by Crippen LogP contribution is 2.33. The van der Waals surface area contributed by atoms with Crippen molar-refractivity contribution in [1.82, 2.24) is 0 Å². The molecule has 3 nitrogen and oxygen atoms in total. The quantitative estimate of drug-likeness (QED) is 0.832. The summed E-state index contributed by atoms with van der Waals surface area (Å²) >= 11 is 0. The van der Waals surface area contributed by atoms with Crippen molar-refractivity contribution < 1.29 is 14.6 Å². The number of aliphatic hydroxyl groups is 1. The summed E-state index contributed by atoms with van der Waals surface area (Å²) in [4.78, 5) is 0. The Kier molecular flexibility index (Phi) is 3.34. The van der Waals surface area contributed by atoms with Crippen molar-refractivity contribution in [2.24, 2.45) is 5.92 Å². The molecule has 0 aliphatic heterocycles. The summed E-state index contributed by atoms with van der Waals surface area (Å²) in [5.74, 6) is 2.20. The Morgan fingerprint density at radius 1 is 1.44 bits per heavy atom. The first-order chi connectivity index (χ1) is 7.70. The fourth-order valence-corrected chi connectivity index (χ4v) is 1.60. The van der Waals surface area contributed by atoms with Crippen molar-refractivity contribution in [1.29, 1.82) is 0 Å². The van der Waals surface area contributed by atoms with Gasteiger partial charge >= 0.3 is 0 Å². The van der Waals surface area contributed by atoms with Gasteiger partial charge in [-0.3, -0.25) is 0 Å². The average molecular weight is 222 g/mol. The van der Waals surface area contributed by atoms with Gasteiger partial charge in [0.1, 0.15) is 11.5 Å². The molecule has 1 atom stereocenters. The Balaban J connectivity index is 2.14. The molecule has 16 heavy (non-hydrogen) atoms. The van der Waals surface area contributed by atoms with Crippen molar-refractivity contribution in [2.75, 3.05) is 13.7 Å². The summed E-state index contributed by atoms with van der Waals surface area (Å²) in [6.07, 6.45) is 2.00. The first-order valence-corrected chi connectivity index (χ1v) is 5.69. The molecule has 0 amide bonds. The second-order valence-electron chi connectivity index (χ2n) is 4.33. The van der Waals surface area contributed by atoms with Crippen molar-refractivity contribution >= 4 is 0 Å². The molecule has 2 rings (SSSR count). The van der Waals surface area contributed by atoms with Gasteiger partial charge in [-0.2, -0.15) is 0 Å². The SMILES string of the molecule is COc1ccc([C@@H](C)O)c(OCC2CC2)c1. The lowest BCUT2D eigenvalue weighted by atomic mass is 10.1. The molecule has 1 aromatic carbocycles. The van der Waals surface area contributed by atoms with Crippen LogP contribution in [-0.4, -0.2) is 18.8 Å². The largest absolute Gasteiger partial charge is 0.497 e. The highest BCUT2D eigenvalue weighted by Gasteiger charge is 2.22. The van der Waals surface area contributed by atoms with E-state index in [0.29, 0.717) is 5.92 Å². The topological polar surface area (TPSA) is 38.7 Å². The Bertz CT molecular complexity index is 356. The summed E-state index contributed by atoms with van der Waals surface area (Å²) in [6, 6.07) is 5.53. The van der Waals surface area contributed by atoms with Gasteiger partial charge in [0.15, 0.2) is 0 Å². The smallest absolute Gasteiger partial charge is 0.128 e. The molecule has 0 saturated heterocycles. The fraction of sp³-hybridized carbons (Fsp3) is 0.538. The van der Waals surface area contributed by atoms with Crippen LogP contribution in [0, 0.1) is 5.92 Å². The van der Waals surface area contributed by atoms with E-state index in [1.165, 1.54) is 12.8 Å². The highest BCUT2D eigenvalue weighted by molar-refractivity contribution is 5.41. The van der Waals surface area contributed by atoms with Crippen molar-refractivity contribution in [3.05, 3.63) is 23.8 Å². The fourth-order valence-electron chi connectivity index (χ4n) is 1.60. The van der Waals surface area contributed by atoms with E-state index in [4.69, 9.17) is 9.47 Å². The molecule has 1 aromatic rings. The van der Waals surface area contributed by atoms with E-state index < -0.39 is 6.10 Å². The lowest BCUT2D eigenvalue weighted by Crippen LogP contribution is -2.04. The molecular weight excluding hydrogens is 204 g/mol. The van der Waals surface area contributed by atoms with Gasteiger partial charge in [-0.25, -0.2) is 0 Å². The maximum absolute atomic E-state index is 9.63. The summed E-state index contributed by atoms with van der Waals surface area (Å²) in [5.41, 5.74) is 0.821. The number of rotatable bonds is 5. The molecule has 1 saturated carbocycles. The predicted molar refractivity (Wildman–Crippen MR) is 61.8 cm³/mol. The Hall–Kier alpha value is -1.22. The lowest BCUT2D eigenvalue weighted by molar-refractivity contribution is 0.190. The van der Waals surface area contributed by atoms with Crippen LogP contribution in [0.15, 0.2) is 18.2 Å². The zero-order valence-corrected chi connectivity index (χ0v) is 9.77. The van der Waals surface area contributed by atoms with E-state index in [1.54, 1.807) is 14.0 Å². The summed E-state index contributed by atoms with van der Waals surface area (Å²) in [7, 11) is 1.63. The van der Waals surface area contributed by atoms with Gasteiger partial charge in [0, 0.05) is 11.6 Å². The molecular formula is C13H18O3. The number of hydrogen-bond acceptors (Lipinski definition) is 3. The molecule has 0 spiro atoms. The summed E-state index contributed by atoms with van der Waals surface area (Å²) in [6.45, 7) is 2.48. The van der Waals surface area contributed by atoms with Crippen LogP contribution < -0.4 is 9.47 Å². The molecule has 1 N–H and O–H groups in total. The van der Waals surface area contributed by atoms with Gasteiger partial charge < -0.3 is 14.6 Å². The third-order valence-corrected chi connectivity index (χ3v) is 2.84. The van der Waals surface area contributed by atoms with Gasteiger partial charge in [0.05, 0.1) is 19.8 Å². The van der Waals surface area contributed by atoms with Crippen LogP contribution in [0.3, 0.4) is 0 Å². The van der Waals surface area contributed by atoms with E-state index in [-0.39, 0.29) is 0 Å². The third-order valence-electron chi connectivity index (χ3n) is 2.84. The molecule has 3 heteroatoms. The van der Waals surface area contributed by atoms with Gasteiger partial charge in [-0.15, -0.1) is 0 Å². The number of methoxy groups -OCH3 is 1. The number of benzene rings is 1. The van der Waals surface area contributed by atoms with E-state index >= 15 is 0 Å². The predicted octanol–water partition coefficient (Wildman–Crippen LogP) is 2.54. The number of aliphatic hydroxyl groups excluding tert-OH is 1. The van der Waals surface area contributed by atoms with Crippen LogP contribution in [0.25, 0.3) is 0 Å². The molecule has 88 valence electrons. The first kappa shape index (κ1) is 11.3. The van der Waals surface area contributed by atoms with Gasteiger partial charge in [-0.05, 0) is 37.8 Å². The maximum atomic E-state index is 9.63.